The summed E-state index contributed by atoms with van der Waals surface area (Å²) in [6.45, 7) is -0.145. The molecular formula is C46H38N2O10. The summed E-state index contributed by atoms with van der Waals surface area (Å²) in [5.74, 6) is 1.83. The maximum Gasteiger partial charge on any atom is 0.421 e. The number of imide groups is 1. The van der Waals surface area contributed by atoms with Crippen molar-refractivity contribution >= 4 is 29.6 Å². The molecule has 0 bridgehead atoms. The molecule has 0 aromatic heterocycles. The van der Waals surface area contributed by atoms with E-state index in [0.717, 1.165) is 4.90 Å². The molecule has 0 radical (unpaired) electrons. The lowest BCUT2D eigenvalue weighted by atomic mass is 9.65. The van der Waals surface area contributed by atoms with E-state index in [-0.39, 0.29) is 30.2 Å². The summed E-state index contributed by atoms with van der Waals surface area (Å²) in [5, 5.41) is 21.9. The first kappa shape index (κ1) is 38.0. The molecule has 8 rings (SSSR count). The molecule has 5 aromatic carbocycles. The number of methoxy groups -OCH3 is 2. The third-order valence-corrected chi connectivity index (χ3v) is 11.1. The second-order valence-electron chi connectivity index (χ2n) is 14.2. The van der Waals surface area contributed by atoms with Crippen molar-refractivity contribution in [1.82, 2.24) is 4.90 Å². The number of aromatic hydroxyl groups is 1. The van der Waals surface area contributed by atoms with Gasteiger partial charge in [0.15, 0.2) is 0 Å². The summed E-state index contributed by atoms with van der Waals surface area (Å²) < 4.78 is 22.2. The Kier molecular flexibility index (Phi) is 10.2. The van der Waals surface area contributed by atoms with Gasteiger partial charge in [0, 0.05) is 18.2 Å². The van der Waals surface area contributed by atoms with Gasteiger partial charge >= 0.3 is 18.0 Å². The van der Waals surface area contributed by atoms with Gasteiger partial charge in [0.1, 0.15) is 41.6 Å². The predicted octanol–water partition coefficient (Wildman–Crippen LogP) is 6.33. The van der Waals surface area contributed by atoms with Gasteiger partial charge in [0.05, 0.1) is 31.5 Å². The van der Waals surface area contributed by atoms with Gasteiger partial charge in [-0.05, 0) is 76.9 Å². The number of anilines is 1. The molecule has 58 heavy (non-hydrogen) atoms. The third kappa shape index (κ3) is 6.31. The van der Waals surface area contributed by atoms with Crippen LogP contribution in [0.5, 0.6) is 11.5 Å². The Morgan fingerprint density at radius 1 is 0.759 bits per heavy atom. The molecule has 2 fully saturated rings. The fraction of sp³-hybridized carbons (Fsp3) is 0.217. The van der Waals surface area contributed by atoms with Crippen molar-refractivity contribution < 1.29 is 48.3 Å². The van der Waals surface area contributed by atoms with E-state index in [0.29, 0.717) is 33.6 Å². The van der Waals surface area contributed by atoms with Crippen molar-refractivity contribution in [2.75, 3.05) is 32.3 Å². The van der Waals surface area contributed by atoms with Crippen molar-refractivity contribution in [3.8, 4) is 23.3 Å². The summed E-state index contributed by atoms with van der Waals surface area (Å²) in [7, 11) is 3.00. The molecule has 5 aromatic rings. The number of benzene rings is 5. The lowest BCUT2D eigenvalue weighted by Crippen LogP contribution is -2.53. The van der Waals surface area contributed by atoms with Crippen LogP contribution in [0.3, 0.4) is 0 Å². The van der Waals surface area contributed by atoms with E-state index in [2.05, 4.69) is 11.8 Å². The molecule has 2 saturated heterocycles. The molecule has 0 aliphatic carbocycles. The maximum atomic E-state index is 15.7. The van der Waals surface area contributed by atoms with Gasteiger partial charge < -0.3 is 29.2 Å². The minimum Gasteiger partial charge on any atom is -0.508 e. The van der Waals surface area contributed by atoms with Gasteiger partial charge in [-0.1, -0.05) is 84.6 Å². The summed E-state index contributed by atoms with van der Waals surface area (Å²) in [5.41, 5.74) is 0.937. The van der Waals surface area contributed by atoms with Gasteiger partial charge in [-0.2, -0.15) is 0 Å². The highest BCUT2D eigenvalue weighted by atomic mass is 16.6. The number of fused-ring (bicyclic) bond motifs is 3. The van der Waals surface area contributed by atoms with Crippen LogP contribution < -0.4 is 9.64 Å². The molecule has 6 atom stereocenters. The fourth-order valence-corrected chi connectivity index (χ4v) is 8.70. The zero-order chi connectivity index (χ0) is 40.6. The van der Waals surface area contributed by atoms with E-state index in [1.807, 2.05) is 60.7 Å². The number of nitrogens with zero attached hydrogens (tertiary/aromatic N) is 2. The zero-order valence-corrected chi connectivity index (χ0v) is 31.5. The largest absolute Gasteiger partial charge is 0.508 e. The molecule has 0 unspecified atom stereocenters. The molecule has 0 saturated carbocycles. The highest BCUT2D eigenvalue weighted by Gasteiger charge is 2.76. The number of ether oxygens (including phenoxy) is 4. The van der Waals surface area contributed by atoms with Crippen molar-refractivity contribution in [3.05, 3.63) is 161 Å². The lowest BCUT2D eigenvalue weighted by molar-refractivity contribution is -0.179. The van der Waals surface area contributed by atoms with Crippen LogP contribution in [0.1, 0.15) is 51.6 Å². The Balaban J connectivity index is 1.41. The summed E-state index contributed by atoms with van der Waals surface area (Å²) in [4.78, 5) is 61.1. The Morgan fingerprint density at radius 2 is 1.40 bits per heavy atom. The predicted molar refractivity (Wildman–Crippen MR) is 210 cm³/mol. The number of morpholine rings is 1. The molecule has 3 heterocycles. The van der Waals surface area contributed by atoms with E-state index >= 15 is 4.79 Å². The number of carbonyl (C=O) groups excluding carboxylic acids is 3. The monoisotopic (exact) mass is 778 g/mol. The van der Waals surface area contributed by atoms with Crippen LogP contribution in [0.2, 0.25) is 0 Å². The first-order valence-electron chi connectivity index (χ1n) is 18.6. The van der Waals surface area contributed by atoms with Gasteiger partial charge in [0.2, 0.25) is 5.91 Å². The molecule has 1 spiro atoms. The van der Waals surface area contributed by atoms with Gasteiger partial charge in [-0.3, -0.25) is 19.3 Å². The summed E-state index contributed by atoms with van der Waals surface area (Å²) >= 11 is 0. The molecule has 3 aliphatic rings. The molecule has 2 amide bonds. The first-order chi connectivity index (χ1) is 28.2. The minimum absolute atomic E-state index is 0.0425. The van der Waals surface area contributed by atoms with Crippen molar-refractivity contribution in [3.63, 3.8) is 0 Å². The minimum atomic E-state index is -2.15. The molecule has 12 nitrogen and oxygen atoms in total. The second kappa shape index (κ2) is 15.5. The lowest BCUT2D eigenvalue weighted by Gasteiger charge is -2.46. The van der Waals surface area contributed by atoms with Crippen LogP contribution in [0.15, 0.2) is 127 Å². The average Bonchev–Trinajstić information content (AvgIpc) is 3.70. The number of carboxylic acid groups (broad SMARTS) is 1. The quantitative estimate of drug-likeness (QED) is 0.103. The molecule has 2 N–H and O–H groups in total. The number of amides is 2. The smallest absolute Gasteiger partial charge is 0.421 e. The summed E-state index contributed by atoms with van der Waals surface area (Å²) in [6, 6.07) is 32.8. The Bertz CT molecular complexity index is 2430. The number of esters is 1. The maximum absolute atomic E-state index is 15.7. The van der Waals surface area contributed by atoms with Crippen molar-refractivity contribution in [1.29, 1.82) is 0 Å². The normalized spacial score (nSPS) is 23.3. The van der Waals surface area contributed by atoms with Crippen LogP contribution in [0.4, 0.5) is 10.5 Å². The Labute approximate surface area is 334 Å². The van der Waals surface area contributed by atoms with Crippen molar-refractivity contribution in [2.24, 2.45) is 5.92 Å². The Hall–Kier alpha value is -6.94. The SMILES string of the molecule is COCCOC(=O)N1C(=O)[C@@]2(c3cc(C#Cc4ccc(OC)cc4)ccc31)[C@H](C(=O)O)[C@H]1C(=O)O[C@H](c3ccccc3)[C@H](c3ccccc3)N1[C@@H]2c1ccc(O)cc1. The molecular weight excluding hydrogens is 741 g/mol. The topological polar surface area (TPSA) is 152 Å². The standard InChI is InChI=1S/C46H38N2O10/c1-55-25-26-57-45(54)47-36-24-17-29(14-13-28-15-22-34(56-2)23-16-28)27-35(36)46(44(47)53)37(42(50)51)39-43(52)58-40(31-11-7-4-8-12-31)38(30-9-5-3-6-10-30)48(39)41(46)32-18-20-33(49)21-19-32/h3-12,15-24,27,37-41,49H,25-26H2,1-2H3,(H,50,51)/t37-,38-,39-,40+,41+,46-/m0/s1. The highest BCUT2D eigenvalue weighted by molar-refractivity contribution is 6.23. The van der Waals surface area contributed by atoms with Crippen LogP contribution in [-0.2, 0) is 34.0 Å². The van der Waals surface area contributed by atoms with Gasteiger partial charge in [0.25, 0.3) is 0 Å². The zero-order valence-electron chi connectivity index (χ0n) is 31.5. The van der Waals surface area contributed by atoms with Crippen LogP contribution in [0, 0.1) is 17.8 Å². The summed E-state index contributed by atoms with van der Waals surface area (Å²) in [6.07, 6.45) is -1.98. The number of phenols is 1. The van der Waals surface area contributed by atoms with E-state index in [4.69, 9.17) is 18.9 Å². The highest BCUT2D eigenvalue weighted by Crippen LogP contribution is 2.66. The number of hydrogen-bond donors (Lipinski definition) is 2. The van der Waals surface area contributed by atoms with Crippen LogP contribution >= 0.6 is 0 Å². The van der Waals surface area contributed by atoms with E-state index in [1.165, 1.54) is 19.2 Å². The number of phenolic OH excluding ortho intramolecular Hbond substituents is 1. The number of rotatable bonds is 8. The molecule has 292 valence electrons. The van der Waals surface area contributed by atoms with Crippen LogP contribution in [0.25, 0.3) is 0 Å². The first-order valence-corrected chi connectivity index (χ1v) is 18.6. The third-order valence-electron chi connectivity index (χ3n) is 11.1. The fourth-order valence-electron chi connectivity index (χ4n) is 8.70. The van der Waals surface area contributed by atoms with Gasteiger partial charge in [-0.25, -0.2) is 9.69 Å². The number of cyclic esters (lactones) is 1. The number of carbonyl (C=O) groups is 4. The van der Waals surface area contributed by atoms with Crippen LogP contribution in [-0.4, -0.2) is 72.5 Å². The Morgan fingerprint density at radius 3 is 2.03 bits per heavy atom. The second-order valence-corrected chi connectivity index (χ2v) is 14.2. The number of hydrogen-bond acceptors (Lipinski definition) is 10. The molecule has 12 heteroatoms. The van der Waals surface area contributed by atoms with E-state index in [1.54, 1.807) is 66.6 Å². The van der Waals surface area contributed by atoms with Gasteiger partial charge in [-0.15, -0.1) is 0 Å². The average molecular weight is 779 g/mol. The van der Waals surface area contributed by atoms with Crippen molar-refractivity contribution in [2.45, 2.75) is 29.6 Å². The molecule has 3 aliphatic heterocycles. The number of aliphatic carboxylic acids is 1. The number of carboxylic acids is 1. The van der Waals surface area contributed by atoms with E-state index in [9.17, 15) is 24.6 Å². The van der Waals surface area contributed by atoms with E-state index < -0.39 is 59.5 Å².